The lowest BCUT2D eigenvalue weighted by Crippen LogP contribution is -2.25. The van der Waals surface area contributed by atoms with Gasteiger partial charge in [-0.15, -0.1) is 0 Å². The van der Waals surface area contributed by atoms with Gasteiger partial charge in [0.2, 0.25) is 0 Å². The molecule has 1 unspecified atom stereocenters. The van der Waals surface area contributed by atoms with Crippen LogP contribution < -0.4 is 5.32 Å². The molecule has 5 heteroatoms. The number of imidazole rings is 1. The van der Waals surface area contributed by atoms with Gasteiger partial charge in [0, 0.05) is 31.6 Å². The quantitative estimate of drug-likeness (QED) is 0.860. The molecule has 0 fully saturated rings. The molecule has 2 aromatic rings. The first-order valence-corrected chi connectivity index (χ1v) is 6.77. The van der Waals surface area contributed by atoms with Gasteiger partial charge in [0.1, 0.15) is 11.6 Å². The molecule has 5 nitrogen and oxygen atoms in total. The average Bonchev–Trinajstić information content (AvgIpc) is 2.85. The number of nitrogens with one attached hydrogen (secondary N) is 1. The Hall–Kier alpha value is -1.75. The Morgan fingerprint density at radius 1 is 1.26 bits per heavy atom. The van der Waals surface area contributed by atoms with E-state index >= 15 is 0 Å². The highest BCUT2D eigenvalue weighted by Gasteiger charge is 2.15. The second-order valence-corrected chi connectivity index (χ2v) is 4.47. The van der Waals surface area contributed by atoms with E-state index in [2.05, 4.69) is 38.7 Å². The molecule has 0 aliphatic heterocycles. The minimum absolute atomic E-state index is 0.180. The van der Waals surface area contributed by atoms with Gasteiger partial charge in [-0.1, -0.05) is 6.92 Å². The molecule has 102 valence electrons. The summed E-state index contributed by atoms with van der Waals surface area (Å²) in [4.78, 5) is 13.1. The first-order chi connectivity index (χ1) is 9.24. The molecular weight excluding hydrogens is 238 g/mol. The van der Waals surface area contributed by atoms with Crippen molar-refractivity contribution < 1.29 is 0 Å². The molecule has 0 aliphatic rings. The van der Waals surface area contributed by atoms with Crippen molar-refractivity contribution >= 4 is 0 Å². The van der Waals surface area contributed by atoms with Crippen LogP contribution in [0.25, 0.3) is 0 Å². The minimum Gasteiger partial charge on any atom is -0.335 e. The highest BCUT2D eigenvalue weighted by Crippen LogP contribution is 2.15. The SMILES string of the molecule is CCNC(Cc1nccn1CC)c1ccnc(C)n1. The van der Waals surface area contributed by atoms with Crippen LogP contribution in [0.5, 0.6) is 0 Å². The molecule has 0 aromatic carbocycles. The third kappa shape index (κ3) is 3.38. The van der Waals surface area contributed by atoms with Crippen LogP contribution in [0.4, 0.5) is 0 Å². The van der Waals surface area contributed by atoms with E-state index in [0.29, 0.717) is 0 Å². The summed E-state index contributed by atoms with van der Waals surface area (Å²) in [7, 11) is 0. The molecule has 0 amide bonds. The molecule has 0 spiro atoms. The summed E-state index contributed by atoms with van der Waals surface area (Å²) in [6.07, 6.45) is 6.52. The topological polar surface area (TPSA) is 55.6 Å². The van der Waals surface area contributed by atoms with Crippen molar-refractivity contribution in [2.75, 3.05) is 6.54 Å². The van der Waals surface area contributed by atoms with Crippen LogP contribution >= 0.6 is 0 Å². The summed E-state index contributed by atoms with van der Waals surface area (Å²) in [5.41, 5.74) is 1.03. The molecule has 0 bridgehead atoms. The summed E-state index contributed by atoms with van der Waals surface area (Å²) in [5.74, 6) is 1.89. The van der Waals surface area contributed by atoms with Crippen molar-refractivity contribution in [1.29, 1.82) is 0 Å². The third-order valence-corrected chi connectivity index (χ3v) is 3.13. The Bertz CT molecular complexity index is 520. The Morgan fingerprint density at radius 3 is 2.79 bits per heavy atom. The van der Waals surface area contributed by atoms with Gasteiger partial charge in [0.15, 0.2) is 0 Å². The number of nitrogens with zero attached hydrogens (tertiary/aromatic N) is 4. The molecular formula is C14H21N5. The summed E-state index contributed by atoms with van der Waals surface area (Å²) in [6.45, 7) is 7.99. The van der Waals surface area contributed by atoms with E-state index in [1.54, 1.807) is 0 Å². The van der Waals surface area contributed by atoms with Crippen molar-refractivity contribution in [1.82, 2.24) is 24.8 Å². The minimum atomic E-state index is 0.180. The zero-order valence-electron chi connectivity index (χ0n) is 11.8. The fourth-order valence-corrected chi connectivity index (χ4v) is 2.20. The largest absolute Gasteiger partial charge is 0.335 e. The Balaban J connectivity index is 2.21. The number of likely N-dealkylation sites (N-methyl/N-ethyl adjacent to an activating group) is 1. The maximum Gasteiger partial charge on any atom is 0.125 e. The predicted octanol–water partition coefficient (Wildman–Crippen LogP) is 1.89. The van der Waals surface area contributed by atoms with E-state index < -0.39 is 0 Å². The van der Waals surface area contributed by atoms with Crippen LogP contribution in [0.1, 0.15) is 37.2 Å². The van der Waals surface area contributed by atoms with Crippen LogP contribution in [0, 0.1) is 6.92 Å². The lowest BCUT2D eigenvalue weighted by Gasteiger charge is -2.17. The lowest BCUT2D eigenvalue weighted by molar-refractivity contribution is 0.509. The number of aromatic nitrogens is 4. The number of rotatable bonds is 6. The molecule has 1 atom stereocenters. The normalized spacial score (nSPS) is 12.6. The van der Waals surface area contributed by atoms with Crippen LogP contribution in [-0.4, -0.2) is 26.1 Å². The van der Waals surface area contributed by atoms with E-state index in [9.17, 15) is 0 Å². The molecule has 2 heterocycles. The Labute approximate surface area is 114 Å². The highest BCUT2D eigenvalue weighted by molar-refractivity contribution is 5.10. The standard InChI is InChI=1S/C14H21N5/c1-4-15-13(12-6-7-16-11(3)18-12)10-14-17-8-9-19(14)5-2/h6-9,13,15H,4-5,10H2,1-3H3. The molecule has 1 N–H and O–H groups in total. The van der Waals surface area contributed by atoms with Gasteiger partial charge in [-0.3, -0.25) is 0 Å². The zero-order valence-corrected chi connectivity index (χ0v) is 11.8. The first kappa shape index (κ1) is 13.7. The fourth-order valence-electron chi connectivity index (χ4n) is 2.20. The van der Waals surface area contributed by atoms with Crippen molar-refractivity contribution in [3.8, 4) is 0 Å². The number of hydrogen-bond donors (Lipinski definition) is 1. The van der Waals surface area contributed by atoms with Crippen molar-refractivity contribution in [2.45, 2.75) is 39.8 Å². The summed E-state index contributed by atoms with van der Waals surface area (Å²) < 4.78 is 2.17. The van der Waals surface area contributed by atoms with Crippen LogP contribution in [0.3, 0.4) is 0 Å². The van der Waals surface area contributed by atoms with Gasteiger partial charge in [-0.05, 0) is 26.5 Å². The average molecular weight is 259 g/mol. The smallest absolute Gasteiger partial charge is 0.125 e. The maximum absolute atomic E-state index is 4.52. The third-order valence-electron chi connectivity index (χ3n) is 3.13. The molecule has 19 heavy (non-hydrogen) atoms. The molecule has 0 saturated carbocycles. The van der Waals surface area contributed by atoms with Crippen LogP contribution in [0.2, 0.25) is 0 Å². The van der Waals surface area contributed by atoms with Crippen molar-refractivity contribution in [2.24, 2.45) is 0 Å². The van der Waals surface area contributed by atoms with Crippen LogP contribution in [-0.2, 0) is 13.0 Å². The van der Waals surface area contributed by atoms with Gasteiger partial charge in [0.25, 0.3) is 0 Å². The van der Waals surface area contributed by atoms with Crippen molar-refractivity contribution in [3.05, 3.63) is 42.0 Å². The first-order valence-electron chi connectivity index (χ1n) is 6.77. The summed E-state index contributed by atoms with van der Waals surface area (Å²) in [6, 6.07) is 2.15. The van der Waals surface area contributed by atoms with Crippen molar-refractivity contribution in [3.63, 3.8) is 0 Å². The number of aryl methyl sites for hydroxylation is 2. The van der Waals surface area contributed by atoms with Gasteiger partial charge < -0.3 is 9.88 Å². The van der Waals surface area contributed by atoms with Gasteiger partial charge in [0.05, 0.1) is 11.7 Å². The van der Waals surface area contributed by atoms with E-state index in [1.165, 1.54) is 0 Å². The van der Waals surface area contributed by atoms with Gasteiger partial charge in [-0.2, -0.15) is 0 Å². The molecule has 2 aromatic heterocycles. The van der Waals surface area contributed by atoms with E-state index in [0.717, 1.165) is 36.9 Å². The van der Waals surface area contributed by atoms with E-state index in [4.69, 9.17) is 0 Å². The summed E-state index contributed by atoms with van der Waals surface area (Å²) >= 11 is 0. The second kappa shape index (κ2) is 6.43. The number of hydrogen-bond acceptors (Lipinski definition) is 4. The molecule has 0 radical (unpaired) electrons. The van der Waals surface area contributed by atoms with Crippen LogP contribution in [0.15, 0.2) is 24.7 Å². The predicted molar refractivity (Wildman–Crippen MR) is 74.8 cm³/mol. The molecule has 0 aliphatic carbocycles. The fraction of sp³-hybridized carbons (Fsp3) is 0.500. The molecule has 0 saturated heterocycles. The van der Waals surface area contributed by atoms with E-state index in [-0.39, 0.29) is 6.04 Å². The maximum atomic E-state index is 4.52. The monoisotopic (exact) mass is 259 g/mol. The van der Waals surface area contributed by atoms with Gasteiger partial charge in [-0.25, -0.2) is 15.0 Å². The zero-order chi connectivity index (χ0) is 13.7. The Kier molecular flexibility index (Phi) is 4.63. The molecule has 2 rings (SSSR count). The Morgan fingerprint density at radius 2 is 2.11 bits per heavy atom. The van der Waals surface area contributed by atoms with E-state index in [1.807, 2.05) is 31.6 Å². The van der Waals surface area contributed by atoms with Gasteiger partial charge >= 0.3 is 0 Å². The lowest BCUT2D eigenvalue weighted by atomic mass is 10.1. The second-order valence-electron chi connectivity index (χ2n) is 4.47. The summed E-state index contributed by atoms with van der Waals surface area (Å²) in [5, 5.41) is 3.47. The highest BCUT2D eigenvalue weighted by atomic mass is 15.1.